The van der Waals surface area contributed by atoms with Crippen molar-refractivity contribution in [2.45, 2.75) is 39.3 Å². The van der Waals surface area contributed by atoms with Gasteiger partial charge in [-0.1, -0.05) is 36.2 Å². The van der Waals surface area contributed by atoms with Gasteiger partial charge in [0.1, 0.15) is 0 Å². The lowest BCUT2D eigenvalue weighted by Crippen LogP contribution is -2.39. The summed E-state index contributed by atoms with van der Waals surface area (Å²) in [5.41, 5.74) is 7.01. The quantitative estimate of drug-likeness (QED) is 0.853. The van der Waals surface area contributed by atoms with Crippen molar-refractivity contribution in [1.29, 1.82) is 0 Å². The molecule has 0 saturated heterocycles. The van der Waals surface area contributed by atoms with Gasteiger partial charge in [-0.05, 0) is 44.5 Å². The zero-order valence-corrected chi connectivity index (χ0v) is 12.8. The lowest BCUT2D eigenvalue weighted by molar-refractivity contribution is 0.157. The van der Waals surface area contributed by atoms with Gasteiger partial charge in [-0.2, -0.15) is 0 Å². The summed E-state index contributed by atoms with van der Waals surface area (Å²) in [6, 6.07) is 6.22. The first-order valence-corrected chi connectivity index (χ1v) is 7.17. The van der Waals surface area contributed by atoms with E-state index in [0.29, 0.717) is 22.6 Å². The SMILES string of the molecule is CCCN(C(C)C)C(CN)c1ccc(Cl)cc1Cl. The molecule has 0 fully saturated rings. The van der Waals surface area contributed by atoms with Crippen LogP contribution in [0.15, 0.2) is 18.2 Å². The summed E-state index contributed by atoms with van der Waals surface area (Å²) in [4.78, 5) is 2.38. The van der Waals surface area contributed by atoms with E-state index in [1.807, 2.05) is 12.1 Å². The summed E-state index contributed by atoms with van der Waals surface area (Å²) >= 11 is 12.2. The molecule has 0 aliphatic rings. The molecule has 0 aromatic heterocycles. The highest BCUT2D eigenvalue weighted by molar-refractivity contribution is 6.35. The fourth-order valence-electron chi connectivity index (χ4n) is 2.24. The van der Waals surface area contributed by atoms with E-state index in [-0.39, 0.29) is 6.04 Å². The Morgan fingerprint density at radius 2 is 1.94 bits per heavy atom. The van der Waals surface area contributed by atoms with Crippen LogP contribution in [0.1, 0.15) is 38.8 Å². The predicted molar refractivity (Wildman–Crippen MR) is 80.4 cm³/mol. The molecule has 0 aliphatic carbocycles. The molecule has 102 valence electrons. The number of nitrogens with zero attached hydrogens (tertiary/aromatic N) is 1. The highest BCUT2D eigenvalue weighted by atomic mass is 35.5. The molecule has 18 heavy (non-hydrogen) atoms. The lowest BCUT2D eigenvalue weighted by atomic mass is 10.0. The van der Waals surface area contributed by atoms with Crippen LogP contribution >= 0.6 is 23.2 Å². The molecule has 1 aromatic rings. The van der Waals surface area contributed by atoms with Crippen molar-refractivity contribution in [2.24, 2.45) is 5.73 Å². The smallest absolute Gasteiger partial charge is 0.0487 e. The number of halogens is 2. The molecule has 1 aromatic carbocycles. The van der Waals surface area contributed by atoms with Gasteiger partial charge in [-0.3, -0.25) is 4.90 Å². The Kier molecular flexibility index (Phi) is 6.44. The zero-order chi connectivity index (χ0) is 13.7. The topological polar surface area (TPSA) is 29.3 Å². The van der Waals surface area contributed by atoms with Crippen molar-refractivity contribution >= 4 is 23.2 Å². The lowest BCUT2D eigenvalue weighted by Gasteiger charge is -2.34. The monoisotopic (exact) mass is 288 g/mol. The summed E-state index contributed by atoms with van der Waals surface area (Å²) in [5, 5.41) is 1.35. The molecule has 0 aliphatic heterocycles. The maximum absolute atomic E-state index is 6.29. The molecule has 0 spiro atoms. The molecule has 0 bridgehead atoms. The van der Waals surface area contributed by atoms with Crippen LogP contribution in [0.3, 0.4) is 0 Å². The van der Waals surface area contributed by atoms with E-state index in [1.54, 1.807) is 6.07 Å². The van der Waals surface area contributed by atoms with Gasteiger partial charge in [0, 0.05) is 28.7 Å². The van der Waals surface area contributed by atoms with Gasteiger partial charge in [0.2, 0.25) is 0 Å². The Hall–Kier alpha value is -0.280. The van der Waals surface area contributed by atoms with Crippen LogP contribution in [-0.2, 0) is 0 Å². The second-order valence-corrected chi connectivity index (χ2v) is 5.59. The highest BCUT2D eigenvalue weighted by Crippen LogP contribution is 2.30. The summed E-state index contributed by atoms with van der Waals surface area (Å²) in [6.07, 6.45) is 1.10. The molecule has 4 heteroatoms. The molecular formula is C14H22Cl2N2. The molecule has 1 atom stereocenters. The average molecular weight is 289 g/mol. The molecule has 2 N–H and O–H groups in total. The van der Waals surface area contributed by atoms with Gasteiger partial charge in [0.25, 0.3) is 0 Å². The van der Waals surface area contributed by atoms with E-state index < -0.39 is 0 Å². The number of hydrogen-bond acceptors (Lipinski definition) is 2. The first-order chi connectivity index (χ1) is 8.51. The molecule has 0 saturated carbocycles. The van der Waals surface area contributed by atoms with Crippen LogP contribution in [0.5, 0.6) is 0 Å². The van der Waals surface area contributed by atoms with Crippen LogP contribution in [0, 0.1) is 0 Å². The van der Waals surface area contributed by atoms with Crippen LogP contribution in [0.2, 0.25) is 10.0 Å². The van der Waals surface area contributed by atoms with E-state index in [1.165, 1.54) is 0 Å². The second kappa shape index (κ2) is 7.34. The third-order valence-electron chi connectivity index (χ3n) is 3.09. The van der Waals surface area contributed by atoms with Gasteiger partial charge >= 0.3 is 0 Å². The van der Waals surface area contributed by atoms with Crippen LogP contribution in [-0.4, -0.2) is 24.0 Å². The van der Waals surface area contributed by atoms with Crippen molar-refractivity contribution in [3.8, 4) is 0 Å². The third-order valence-corrected chi connectivity index (χ3v) is 3.65. The molecule has 1 unspecified atom stereocenters. The minimum absolute atomic E-state index is 0.148. The average Bonchev–Trinajstić information content (AvgIpc) is 2.31. The number of nitrogens with two attached hydrogens (primary N) is 1. The number of hydrogen-bond donors (Lipinski definition) is 1. The van der Waals surface area contributed by atoms with Crippen molar-refractivity contribution in [3.05, 3.63) is 33.8 Å². The minimum atomic E-state index is 0.148. The Bertz CT molecular complexity index is 380. The van der Waals surface area contributed by atoms with E-state index in [2.05, 4.69) is 25.7 Å². The van der Waals surface area contributed by atoms with Gasteiger partial charge in [0.15, 0.2) is 0 Å². The van der Waals surface area contributed by atoms with E-state index >= 15 is 0 Å². The molecule has 0 radical (unpaired) electrons. The van der Waals surface area contributed by atoms with Gasteiger partial charge in [-0.25, -0.2) is 0 Å². The highest BCUT2D eigenvalue weighted by Gasteiger charge is 2.22. The Morgan fingerprint density at radius 1 is 1.28 bits per heavy atom. The van der Waals surface area contributed by atoms with Gasteiger partial charge in [-0.15, -0.1) is 0 Å². The predicted octanol–water partition coefficient (Wildman–Crippen LogP) is 4.11. The minimum Gasteiger partial charge on any atom is -0.329 e. The zero-order valence-electron chi connectivity index (χ0n) is 11.3. The molecule has 0 heterocycles. The molecule has 0 amide bonds. The normalized spacial score (nSPS) is 13.3. The van der Waals surface area contributed by atoms with Crippen molar-refractivity contribution in [1.82, 2.24) is 4.90 Å². The van der Waals surface area contributed by atoms with Crippen LogP contribution in [0.25, 0.3) is 0 Å². The maximum atomic E-state index is 6.29. The van der Waals surface area contributed by atoms with Crippen LogP contribution in [0.4, 0.5) is 0 Å². The summed E-state index contributed by atoms with van der Waals surface area (Å²) in [5.74, 6) is 0. The van der Waals surface area contributed by atoms with Crippen molar-refractivity contribution in [2.75, 3.05) is 13.1 Å². The first kappa shape index (κ1) is 15.8. The van der Waals surface area contributed by atoms with Crippen molar-refractivity contribution in [3.63, 3.8) is 0 Å². The third kappa shape index (κ3) is 3.86. The molecule has 1 rings (SSSR count). The number of rotatable bonds is 6. The fourth-order valence-corrected chi connectivity index (χ4v) is 2.78. The van der Waals surface area contributed by atoms with E-state index in [4.69, 9.17) is 28.9 Å². The summed E-state index contributed by atoms with van der Waals surface area (Å²) in [7, 11) is 0. The summed E-state index contributed by atoms with van der Waals surface area (Å²) in [6.45, 7) is 8.11. The fraction of sp³-hybridized carbons (Fsp3) is 0.571. The van der Waals surface area contributed by atoms with E-state index in [0.717, 1.165) is 18.5 Å². The van der Waals surface area contributed by atoms with Crippen LogP contribution < -0.4 is 5.73 Å². The number of benzene rings is 1. The summed E-state index contributed by atoms with van der Waals surface area (Å²) < 4.78 is 0. The maximum Gasteiger partial charge on any atom is 0.0487 e. The van der Waals surface area contributed by atoms with Crippen molar-refractivity contribution < 1.29 is 0 Å². The Balaban J connectivity index is 3.06. The van der Waals surface area contributed by atoms with E-state index in [9.17, 15) is 0 Å². The largest absolute Gasteiger partial charge is 0.329 e. The Labute approximate surface area is 120 Å². The second-order valence-electron chi connectivity index (χ2n) is 4.75. The van der Waals surface area contributed by atoms with Gasteiger partial charge in [0.05, 0.1) is 0 Å². The Morgan fingerprint density at radius 3 is 2.39 bits per heavy atom. The first-order valence-electron chi connectivity index (χ1n) is 6.42. The molecular weight excluding hydrogens is 267 g/mol. The van der Waals surface area contributed by atoms with Gasteiger partial charge < -0.3 is 5.73 Å². The standard InChI is InChI=1S/C14H22Cl2N2/c1-4-7-18(10(2)3)14(9-17)12-6-5-11(15)8-13(12)16/h5-6,8,10,14H,4,7,9,17H2,1-3H3. The molecule has 2 nitrogen and oxygen atoms in total.